The van der Waals surface area contributed by atoms with E-state index in [4.69, 9.17) is 0 Å². The molecular formula is C17H15FN2O4. The summed E-state index contributed by atoms with van der Waals surface area (Å²) in [4.78, 5) is 40.0. The van der Waals surface area contributed by atoms with Crippen LogP contribution in [0.1, 0.15) is 28.9 Å². The van der Waals surface area contributed by atoms with Gasteiger partial charge in [0.05, 0.1) is 6.61 Å². The van der Waals surface area contributed by atoms with E-state index in [1.165, 1.54) is 24.5 Å². The Morgan fingerprint density at radius 1 is 1.21 bits per heavy atom. The van der Waals surface area contributed by atoms with Crippen molar-refractivity contribution in [3.8, 4) is 0 Å². The number of hydrogen-bond donors (Lipinski definition) is 1. The Kier molecular flexibility index (Phi) is 5.73. The Labute approximate surface area is 137 Å². The zero-order chi connectivity index (χ0) is 17.5. The topological polar surface area (TPSA) is 85.4 Å². The molecule has 0 aliphatic rings. The lowest BCUT2D eigenvalue weighted by Gasteiger charge is -2.17. The van der Waals surface area contributed by atoms with Crippen molar-refractivity contribution >= 4 is 17.7 Å². The number of benzene rings is 1. The lowest BCUT2D eigenvalue weighted by molar-refractivity contribution is -0.154. The number of carbonyl (C=O) groups excluding carboxylic acids is 3. The molecule has 2 aromatic rings. The molecule has 1 heterocycles. The normalized spacial score (nSPS) is 11.4. The molecule has 0 aliphatic heterocycles. The van der Waals surface area contributed by atoms with Gasteiger partial charge in [-0.3, -0.25) is 14.6 Å². The van der Waals surface area contributed by atoms with Crippen molar-refractivity contribution in [1.82, 2.24) is 10.3 Å². The van der Waals surface area contributed by atoms with E-state index in [9.17, 15) is 18.8 Å². The molecule has 24 heavy (non-hydrogen) atoms. The van der Waals surface area contributed by atoms with Crippen molar-refractivity contribution in [3.05, 3.63) is 65.7 Å². The number of ketones is 1. The van der Waals surface area contributed by atoms with Crippen LogP contribution in [0.4, 0.5) is 4.39 Å². The van der Waals surface area contributed by atoms with Crippen molar-refractivity contribution < 1.29 is 23.5 Å². The molecule has 0 radical (unpaired) electrons. The van der Waals surface area contributed by atoms with E-state index in [-0.39, 0.29) is 12.2 Å². The van der Waals surface area contributed by atoms with Gasteiger partial charge in [-0.1, -0.05) is 6.07 Å². The molecule has 0 bridgehead atoms. The molecule has 1 aromatic carbocycles. The fraction of sp³-hybridized carbons (Fsp3) is 0.176. The van der Waals surface area contributed by atoms with E-state index in [1.807, 2.05) is 0 Å². The van der Waals surface area contributed by atoms with Crippen molar-refractivity contribution in [2.24, 2.45) is 0 Å². The molecule has 2 rings (SSSR count). The van der Waals surface area contributed by atoms with Crippen LogP contribution in [0.5, 0.6) is 0 Å². The second-order valence-corrected chi connectivity index (χ2v) is 4.78. The number of nitrogens with one attached hydrogen (secondary N) is 1. The van der Waals surface area contributed by atoms with Gasteiger partial charge in [-0.25, -0.2) is 9.18 Å². The molecule has 0 saturated heterocycles. The molecule has 0 saturated carbocycles. The maximum absolute atomic E-state index is 13.0. The standard InChI is InChI=1S/C17H15FN2O4/c1-2-24-17(23)16(22)20-14(12-4-3-9-19-10-12)15(21)11-5-7-13(18)8-6-11/h3-10,14H,2H2,1H3,(H,20,22). The Balaban J connectivity index is 2.29. The Morgan fingerprint density at radius 2 is 1.92 bits per heavy atom. The SMILES string of the molecule is CCOC(=O)C(=O)NC(C(=O)c1ccc(F)cc1)c1cccnc1. The largest absolute Gasteiger partial charge is 0.459 e. The van der Waals surface area contributed by atoms with Crippen LogP contribution >= 0.6 is 0 Å². The van der Waals surface area contributed by atoms with Crippen molar-refractivity contribution in [1.29, 1.82) is 0 Å². The quantitative estimate of drug-likeness (QED) is 0.513. The lowest BCUT2D eigenvalue weighted by atomic mass is 9.98. The summed E-state index contributed by atoms with van der Waals surface area (Å²) < 4.78 is 17.6. The zero-order valence-electron chi connectivity index (χ0n) is 12.9. The molecule has 1 N–H and O–H groups in total. The van der Waals surface area contributed by atoms with E-state index in [2.05, 4.69) is 15.0 Å². The van der Waals surface area contributed by atoms with Gasteiger partial charge in [-0.2, -0.15) is 0 Å². The van der Waals surface area contributed by atoms with Gasteiger partial charge in [-0.05, 0) is 37.3 Å². The predicted octanol–water partition coefficient (Wildman–Crippen LogP) is 1.82. The van der Waals surface area contributed by atoms with Crippen molar-refractivity contribution in [2.45, 2.75) is 13.0 Å². The van der Waals surface area contributed by atoms with Gasteiger partial charge in [0.2, 0.25) is 0 Å². The first-order valence-electron chi connectivity index (χ1n) is 7.20. The number of hydrogen-bond acceptors (Lipinski definition) is 5. The first kappa shape index (κ1) is 17.3. The van der Waals surface area contributed by atoms with E-state index in [1.54, 1.807) is 19.1 Å². The first-order valence-corrected chi connectivity index (χ1v) is 7.20. The van der Waals surface area contributed by atoms with Gasteiger partial charge < -0.3 is 10.1 Å². The monoisotopic (exact) mass is 330 g/mol. The lowest BCUT2D eigenvalue weighted by Crippen LogP contribution is -2.39. The fourth-order valence-corrected chi connectivity index (χ4v) is 2.01. The summed E-state index contributed by atoms with van der Waals surface area (Å²) in [5, 5.41) is 2.33. The molecule has 1 amide bonds. The minimum Gasteiger partial charge on any atom is -0.459 e. The first-order chi connectivity index (χ1) is 11.5. The number of nitrogens with zero attached hydrogens (tertiary/aromatic N) is 1. The van der Waals surface area contributed by atoms with Gasteiger partial charge >= 0.3 is 11.9 Å². The molecule has 7 heteroatoms. The second-order valence-electron chi connectivity index (χ2n) is 4.78. The van der Waals surface area contributed by atoms with Crippen molar-refractivity contribution in [2.75, 3.05) is 6.61 Å². The number of rotatable bonds is 5. The number of pyridine rings is 1. The van der Waals surface area contributed by atoms with Gasteiger partial charge in [0, 0.05) is 23.5 Å². The summed E-state index contributed by atoms with van der Waals surface area (Å²) in [5.41, 5.74) is 0.582. The molecule has 1 unspecified atom stereocenters. The summed E-state index contributed by atoms with van der Waals surface area (Å²) in [6.07, 6.45) is 2.91. The highest BCUT2D eigenvalue weighted by molar-refractivity contribution is 6.33. The number of aromatic nitrogens is 1. The van der Waals surface area contributed by atoms with Gasteiger partial charge in [0.25, 0.3) is 0 Å². The Hall–Kier alpha value is -3.09. The summed E-state index contributed by atoms with van der Waals surface area (Å²) >= 11 is 0. The van der Waals surface area contributed by atoms with E-state index in [0.717, 1.165) is 12.1 Å². The molecule has 124 valence electrons. The fourth-order valence-electron chi connectivity index (χ4n) is 2.01. The highest BCUT2D eigenvalue weighted by Gasteiger charge is 2.27. The third kappa shape index (κ3) is 4.22. The van der Waals surface area contributed by atoms with Gasteiger partial charge in [-0.15, -0.1) is 0 Å². The van der Waals surface area contributed by atoms with E-state index < -0.39 is 29.5 Å². The summed E-state index contributed by atoms with van der Waals surface area (Å²) in [6.45, 7) is 1.60. The average molecular weight is 330 g/mol. The molecule has 1 aromatic heterocycles. The number of esters is 1. The van der Waals surface area contributed by atoms with Crippen molar-refractivity contribution in [3.63, 3.8) is 0 Å². The van der Waals surface area contributed by atoms with E-state index >= 15 is 0 Å². The number of Topliss-reactive ketones (excluding diaryl/α,β-unsaturated/α-hetero) is 1. The van der Waals surface area contributed by atoms with Crippen LogP contribution < -0.4 is 5.32 Å². The summed E-state index contributed by atoms with van der Waals surface area (Å²) in [6, 6.07) is 6.93. The number of amides is 1. The van der Waals surface area contributed by atoms with E-state index in [0.29, 0.717) is 5.56 Å². The molecule has 1 atom stereocenters. The van der Waals surface area contributed by atoms with Crippen LogP contribution in [-0.4, -0.2) is 29.3 Å². The zero-order valence-corrected chi connectivity index (χ0v) is 12.9. The maximum Gasteiger partial charge on any atom is 0.396 e. The molecule has 0 fully saturated rings. The minimum atomic E-state index is -1.14. The third-order valence-electron chi connectivity index (χ3n) is 3.14. The predicted molar refractivity (Wildman–Crippen MR) is 82.5 cm³/mol. The van der Waals surface area contributed by atoms with Crippen LogP contribution in [0.15, 0.2) is 48.8 Å². The molecule has 6 nitrogen and oxygen atoms in total. The Bertz CT molecular complexity index is 732. The highest BCUT2D eigenvalue weighted by Crippen LogP contribution is 2.18. The molecule has 0 aliphatic carbocycles. The second kappa shape index (κ2) is 7.96. The highest BCUT2D eigenvalue weighted by atomic mass is 19.1. The summed E-state index contributed by atoms with van der Waals surface area (Å²) in [5.74, 6) is -3.11. The number of ether oxygens (including phenoxy) is 1. The Morgan fingerprint density at radius 3 is 2.50 bits per heavy atom. The minimum absolute atomic E-state index is 0.0374. The molecular weight excluding hydrogens is 315 g/mol. The number of carbonyl (C=O) groups is 3. The van der Waals surface area contributed by atoms with Crippen LogP contribution in [0.25, 0.3) is 0 Å². The average Bonchev–Trinajstić information content (AvgIpc) is 2.60. The third-order valence-corrected chi connectivity index (χ3v) is 3.14. The van der Waals surface area contributed by atoms with Crippen LogP contribution in [0.2, 0.25) is 0 Å². The van der Waals surface area contributed by atoms with Crippen LogP contribution in [-0.2, 0) is 14.3 Å². The van der Waals surface area contributed by atoms with Gasteiger partial charge in [0.15, 0.2) is 5.78 Å². The smallest absolute Gasteiger partial charge is 0.396 e. The van der Waals surface area contributed by atoms with Gasteiger partial charge in [0.1, 0.15) is 11.9 Å². The molecule has 0 spiro atoms. The number of halogens is 1. The van der Waals surface area contributed by atoms with Crippen LogP contribution in [0, 0.1) is 5.82 Å². The summed E-state index contributed by atoms with van der Waals surface area (Å²) in [7, 11) is 0. The maximum atomic E-state index is 13.0. The van der Waals surface area contributed by atoms with Crippen LogP contribution in [0.3, 0.4) is 0 Å².